The van der Waals surface area contributed by atoms with Crippen molar-refractivity contribution in [3.8, 4) is 5.75 Å². The molecule has 100 valence electrons. The molecule has 0 fully saturated rings. The first-order valence-electron chi connectivity index (χ1n) is 5.94. The van der Waals surface area contributed by atoms with Gasteiger partial charge < -0.3 is 10.5 Å². The van der Waals surface area contributed by atoms with Gasteiger partial charge in [0, 0.05) is 21.1 Å². The molecule has 0 spiro atoms. The van der Waals surface area contributed by atoms with Crippen molar-refractivity contribution in [3.05, 3.63) is 63.1 Å². The zero-order valence-corrected chi connectivity index (χ0v) is 12.9. The summed E-state index contributed by atoms with van der Waals surface area (Å²) >= 11 is 9.62. The third kappa shape index (κ3) is 3.50. The molecule has 0 aliphatic carbocycles. The quantitative estimate of drug-likeness (QED) is 0.898. The van der Waals surface area contributed by atoms with Crippen LogP contribution in [-0.4, -0.2) is 7.11 Å². The molecule has 2 aromatic carbocycles. The van der Waals surface area contributed by atoms with Gasteiger partial charge in [0.15, 0.2) is 0 Å². The van der Waals surface area contributed by atoms with Crippen molar-refractivity contribution >= 4 is 27.5 Å². The normalized spacial score (nSPS) is 12.2. The molecule has 1 atom stereocenters. The highest BCUT2D eigenvalue weighted by Gasteiger charge is 2.14. The smallest absolute Gasteiger partial charge is 0.123 e. The van der Waals surface area contributed by atoms with Crippen LogP contribution in [0.15, 0.2) is 46.9 Å². The van der Waals surface area contributed by atoms with E-state index in [-0.39, 0.29) is 6.04 Å². The first-order valence-corrected chi connectivity index (χ1v) is 7.11. The van der Waals surface area contributed by atoms with Crippen LogP contribution in [0.4, 0.5) is 0 Å². The van der Waals surface area contributed by atoms with E-state index in [1.54, 1.807) is 7.11 Å². The first kappa shape index (κ1) is 14.4. The van der Waals surface area contributed by atoms with E-state index in [9.17, 15) is 0 Å². The summed E-state index contributed by atoms with van der Waals surface area (Å²) in [6.07, 6.45) is 0.673. The summed E-state index contributed by atoms with van der Waals surface area (Å²) in [5.74, 6) is 0.794. The zero-order chi connectivity index (χ0) is 13.8. The van der Waals surface area contributed by atoms with Gasteiger partial charge in [0.1, 0.15) is 5.75 Å². The van der Waals surface area contributed by atoms with Gasteiger partial charge in [-0.05, 0) is 36.2 Å². The minimum atomic E-state index is -0.160. The van der Waals surface area contributed by atoms with E-state index < -0.39 is 0 Å². The molecule has 2 nitrogen and oxygen atoms in total. The highest BCUT2D eigenvalue weighted by molar-refractivity contribution is 9.10. The second kappa shape index (κ2) is 6.42. The Morgan fingerprint density at radius 3 is 2.68 bits per heavy atom. The molecule has 0 aliphatic rings. The second-order valence-corrected chi connectivity index (χ2v) is 5.61. The molecule has 2 rings (SSSR count). The average Bonchev–Trinajstić information content (AvgIpc) is 2.41. The first-order chi connectivity index (χ1) is 9.11. The molecule has 0 saturated heterocycles. The second-order valence-electron chi connectivity index (χ2n) is 4.29. The van der Waals surface area contributed by atoms with E-state index in [2.05, 4.69) is 15.9 Å². The number of nitrogens with two attached hydrogens (primary N) is 1. The summed E-state index contributed by atoms with van der Waals surface area (Å²) in [5.41, 5.74) is 8.29. The molecule has 0 heterocycles. The predicted octanol–water partition coefficient (Wildman–Crippen LogP) is 4.35. The fourth-order valence-electron chi connectivity index (χ4n) is 2.01. The Kier molecular flexibility index (Phi) is 4.86. The number of benzene rings is 2. The van der Waals surface area contributed by atoms with Crippen molar-refractivity contribution < 1.29 is 4.74 Å². The maximum Gasteiger partial charge on any atom is 0.123 e. The third-order valence-corrected chi connectivity index (χ3v) is 3.85. The Labute approximate surface area is 126 Å². The minimum Gasteiger partial charge on any atom is -0.496 e. The molecule has 0 radical (unpaired) electrons. The Bertz CT molecular complexity index is 574. The van der Waals surface area contributed by atoms with E-state index in [1.165, 1.54) is 0 Å². The van der Waals surface area contributed by atoms with Crippen LogP contribution in [-0.2, 0) is 6.42 Å². The van der Waals surface area contributed by atoms with Crippen LogP contribution in [0.25, 0.3) is 0 Å². The number of ether oxygens (including phenoxy) is 1. The van der Waals surface area contributed by atoms with Crippen molar-refractivity contribution in [2.45, 2.75) is 12.5 Å². The van der Waals surface area contributed by atoms with Gasteiger partial charge in [-0.1, -0.05) is 45.7 Å². The monoisotopic (exact) mass is 339 g/mol. The maximum atomic E-state index is 6.28. The van der Waals surface area contributed by atoms with Gasteiger partial charge in [-0.25, -0.2) is 0 Å². The Morgan fingerprint density at radius 2 is 2.00 bits per heavy atom. The highest BCUT2D eigenvalue weighted by Crippen LogP contribution is 2.30. The molecule has 0 aromatic heterocycles. The molecular weight excluding hydrogens is 326 g/mol. The van der Waals surface area contributed by atoms with Crippen LogP contribution in [0.3, 0.4) is 0 Å². The highest BCUT2D eigenvalue weighted by atomic mass is 79.9. The van der Waals surface area contributed by atoms with Gasteiger partial charge in [-0.3, -0.25) is 0 Å². The SMILES string of the molecule is COc1ccc(Br)cc1C(N)Cc1ccccc1Cl. The van der Waals surface area contributed by atoms with E-state index >= 15 is 0 Å². The van der Waals surface area contributed by atoms with E-state index in [1.807, 2.05) is 42.5 Å². The van der Waals surface area contributed by atoms with Crippen molar-refractivity contribution in [2.24, 2.45) is 5.73 Å². The largest absolute Gasteiger partial charge is 0.496 e. The van der Waals surface area contributed by atoms with Gasteiger partial charge in [0.2, 0.25) is 0 Å². The number of halogens is 2. The zero-order valence-electron chi connectivity index (χ0n) is 10.6. The van der Waals surface area contributed by atoms with Crippen LogP contribution in [0.2, 0.25) is 5.02 Å². The fourth-order valence-corrected chi connectivity index (χ4v) is 2.60. The van der Waals surface area contributed by atoms with Gasteiger partial charge in [-0.15, -0.1) is 0 Å². The molecule has 0 saturated carbocycles. The number of methoxy groups -OCH3 is 1. The van der Waals surface area contributed by atoms with Crippen LogP contribution in [0, 0.1) is 0 Å². The standard InChI is InChI=1S/C15H15BrClNO/c1-19-15-7-6-11(16)9-12(15)14(18)8-10-4-2-3-5-13(10)17/h2-7,9,14H,8,18H2,1H3. The van der Waals surface area contributed by atoms with Crippen LogP contribution >= 0.6 is 27.5 Å². The lowest BCUT2D eigenvalue weighted by atomic mass is 9.99. The van der Waals surface area contributed by atoms with Gasteiger partial charge in [0.25, 0.3) is 0 Å². The van der Waals surface area contributed by atoms with Crippen LogP contribution in [0.5, 0.6) is 5.75 Å². The topological polar surface area (TPSA) is 35.2 Å². The lowest BCUT2D eigenvalue weighted by molar-refractivity contribution is 0.405. The van der Waals surface area contributed by atoms with E-state index in [0.717, 1.165) is 26.4 Å². The van der Waals surface area contributed by atoms with Crippen molar-refractivity contribution in [1.82, 2.24) is 0 Å². The molecule has 2 N–H and O–H groups in total. The predicted molar refractivity (Wildman–Crippen MR) is 82.8 cm³/mol. The lowest BCUT2D eigenvalue weighted by Crippen LogP contribution is -2.14. The summed E-state index contributed by atoms with van der Waals surface area (Å²) in [6, 6.07) is 13.4. The molecule has 1 unspecified atom stereocenters. The van der Waals surface area contributed by atoms with Crippen LogP contribution in [0.1, 0.15) is 17.2 Å². The molecule has 4 heteroatoms. The molecule has 19 heavy (non-hydrogen) atoms. The van der Waals surface area contributed by atoms with Gasteiger partial charge >= 0.3 is 0 Å². The summed E-state index contributed by atoms with van der Waals surface area (Å²) in [6.45, 7) is 0. The maximum absolute atomic E-state index is 6.28. The van der Waals surface area contributed by atoms with Crippen molar-refractivity contribution in [2.75, 3.05) is 7.11 Å². The lowest BCUT2D eigenvalue weighted by Gasteiger charge is -2.17. The summed E-state index contributed by atoms with van der Waals surface area (Å²) < 4.78 is 6.34. The van der Waals surface area contributed by atoms with Crippen molar-refractivity contribution in [1.29, 1.82) is 0 Å². The molecular formula is C15H15BrClNO. The number of hydrogen-bond acceptors (Lipinski definition) is 2. The minimum absolute atomic E-state index is 0.160. The van der Waals surface area contributed by atoms with E-state index in [0.29, 0.717) is 6.42 Å². The molecule has 0 amide bonds. The van der Waals surface area contributed by atoms with Crippen molar-refractivity contribution in [3.63, 3.8) is 0 Å². The Morgan fingerprint density at radius 1 is 1.26 bits per heavy atom. The molecule has 0 bridgehead atoms. The summed E-state index contributed by atoms with van der Waals surface area (Å²) in [7, 11) is 1.65. The van der Waals surface area contributed by atoms with Gasteiger partial charge in [0.05, 0.1) is 7.11 Å². The van der Waals surface area contributed by atoms with Crippen LogP contribution < -0.4 is 10.5 Å². The summed E-state index contributed by atoms with van der Waals surface area (Å²) in [5, 5.41) is 0.743. The Hall–Kier alpha value is -1.03. The van der Waals surface area contributed by atoms with Gasteiger partial charge in [-0.2, -0.15) is 0 Å². The third-order valence-electron chi connectivity index (χ3n) is 2.99. The Balaban J connectivity index is 2.27. The van der Waals surface area contributed by atoms with E-state index in [4.69, 9.17) is 22.1 Å². The number of rotatable bonds is 4. The number of hydrogen-bond donors (Lipinski definition) is 1. The molecule has 2 aromatic rings. The summed E-state index contributed by atoms with van der Waals surface area (Å²) in [4.78, 5) is 0. The average molecular weight is 341 g/mol. The molecule has 0 aliphatic heterocycles. The fraction of sp³-hybridized carbons (Fsp3) is 0.200.